The van der Waals surface area contributed by atoms with Crippen LogP contribution in [0, 0.1) is 80.0 Å². The first kappa shape index (κ1) is 32.2. The van der Waals surface area contributed by atoms with Crippen molar-refractivity contribution >= 4 is 89.3 Å². The van der Waals surface area contributed by atoms with Gasteiger partial charge in [0.05, 0.1) is 22.3 Å². The fraction of sp³-hybridized carbons (Fsp3) is 0. The van der Waals surface area contributed by atoms with Crippen LogP contribution in [0.3, 0.4) is 0 Å². The predicted molar refractivity (Wildman–Crippen MR) is 170 cm³/mol. The van der Waals surface area contributed by atoms with E-state index in [1.807, 2.05) is 0 Å². The number of allylic oxidation sites excluding steroid dienone is 2. The minimum Gasteiger partial charge on any atom is -0.308 e. The molecule has 0 saturated heterocycles. The molecule has 0 atom stereocenters. The smallest absolute Gasteiger partial charge is 0.180 e. The molecule has 4 nitrogen and oxygen atoms in total. The molecule has 0 aliphatic rings. The molecule has 0 bridgehead atoms. The monoisotopic (exact) mass is 692 g/mol. The summed E-state index contributed by atoms with van der Waals surface area (Å²) in [5.41, 5.74) is -6.10. The maximum Gasteiger partial charge on any atom is 0.180 e. The molecule has 0 aliphatic heterocycles. The number of nitriles is 2. The topological polar surface area (TPSA) is 95.3 Å². The molecule has 48 heavy (non-hydrogen) atoms. The number of hydrogen-bond donors (Lipinski definition) is 2. The van der Waals surface area contributed by atoms with Gasteiger partial charge in [-0.15, -0.1) is 22.7 Å². The Morgan fingerprint density at radius 3 is 1.50 bits per heavy atom. The molecule has 2 heterocycles. The highest BCUT2D eigenvalue weighted by Gasteiger charge is 2.28. The van der Waals surface area contributed by atoms with Gasteiger partial charge in [-0.3, -0.25) is 0 Å². The number of benzene rings is 4. The number of nitrogens with zero attached hydrogens (tertiary/aromatic N) is 2. The SMILES string of the molecule is N#C/C(=C\c1cc2cc3cc4sc(/C=C(\C=N)c5c(F)c(F)c(C=N)c(F)c5F)cc4cc3cc2s1)c1c(F)c(F)c(C#N)c(F)c1F. The van der Waals surface area contributed by atoms with E-state index in [0.29, 0.717) is 36.1 Å². The molecule has 236 valence electrons. The standard InChI is InChI=1S/C34H12F8N4S2/c35-27-21(11-45)28(36)32(40)25(31(27)39)17(9-43)5-19-3-15-1-13-7-24-16(2-14(13)8-23(15)47-19)4-20(48-24)6-18(10-44)26-33(41)29(37)22(12-46)30(38)34(26)42/h1-9,11,43,45H/b17-5+,18-6+,43-9?,45-11?. The van der Waals surface area contributed by atoms with Gasteiger partial charge in [0.2, 0.25) is 0 Å². The Morgan fingerprint density at radius 1 is 0.583 bits per heavy atom. The number of halogens is 8. The molecule has 0 radical (unpaired) electrons. The predicted octanol–water partition coefficient (Wildman–Crippen LogP) is 10.5. The molecule has 0 unspecified atom stereocenters. The summed E-state index contributed by atoms with van der Waals surface area (Å²) >= 11 is 2.28. The average molecular weight is 693 g/mol. The van der Waals surface area contributed by atoms with Crippen LogP contribution in [0.2, 0.25) is 0 Å². The van der Waals surface area contributed by atoms with Crippen LogP contribution in [0.4, 0.5) is 35.1 Å². The van der Waals surface area contributed by atoms with Gasteiger partial charge in [0.25, 0.3) is 0 Å². The molecule has 14 heteroatoms. The summed E-state index contributed by atoms with van der Waals surface area (Å²) in [5, 5.41) is 35.9. The first-order valence-electron chi connectivity index (χ1n) is 13.3. The summed E-state index contributed by atoms with van der Waals surface area (Å²) in [4.78, 5) is 0.734. The number of hydrogen-bond acceptors (Lipinski definition) is 6. The highest BCUT2D eigenvalue weighted by atomic mass is 32.1. The Bertz CT molecular complexity index is 2440. The van der Waals surface area contributed by atoms with Crippen molar-refractivity contribution in [1.82, 2.24) is 0 Å². The zero-order valence-corrected chi connectivity index (χ0v) is 25.1. The van der Waals surface area contributed by atoms with Gasteiger partial charge in [0, 0.05) is 37.2 Å². The molecule has 2 aromatic heterocycles. The average Bonchev–Trinajstić information content (AvgIpc) is 3.65. The van der Waals surface area contributed by atoms with Crippen molar-refractivity contribution in [2.75, 3.05) is 0 Å². The highest BCUT2D eigenvalue weighted by Crippen LogP contribution is 2.38. The van der Waals surface area contributed by atoms with E-state index in [-0.39, 0.29) is 6.21 Å². The van der Waals surface area contributed by atoms with Crippen molar-refractivity contribution in [2.45, 2.75) is 0 Å². The van der Waals surface area contributed by atoms with Gasteiger partial charge in [-0.1, -0.05) is 0 Å². The maximum atomic E-state index is 14.7. The second-order valence-electron chi connectivity index (χ2n) is 10.1. The summed E-state index contributed by atoms with van der Waals surface area (Å²) < 4.78 is 117. The van der Waals surface area contributed by atoms with Crippen molar-refractivity contribution in [3.8, 4) is 12.1 Å². The van der Waals surface area contributed by atoms with Gasteiger partial charge in [-0.05, 0) is 70.1 Å². The van der Waals surface area contributed by atoms with Crippen LogP contribution in [0.5, 0.6) is 0 Å². The molecular formula is C34H12F8N4S2. The zero-order valence-electron chi connectivity index (χ0n) is 23.5. The molecule has 0 saturated carbocycles. The normalized spacial score (nSPS) is 12.1. The maximum absolute atomic E-state index is 14.7. The minimum absolute atomic E-state index is 0.153. The molecule has 2 N–H and O–H groups in total. The quantitative estimate of drug-likeness (QED) is 0.0787. The van der Waals surface area contributed by atoms with Crippen molar-refractivity contribution in [3.05, 3.63) is 115 Å². The molecule has 0 amide bonds. The fourth-order valence-corrected chi connectivity index (χ4v) is 7.23. The van der Waals surface area contributed by atoms with Crippen LogP contribution in [0.15, 0.2) is 36.4 Å². The van der Waals surface area contributed by atoms with E-state index in [9.17, 15) is 40.4 Å². The third kappa shape index (κ3) is 5.12. The van der Waals surface area contributed by atoms with Crippen molar-refractivity contribution in [3.63, 3.8) is 0 Å². The summed E-state index contributed by atoms with van der Waals surface area (Å²) in [5.74, 6) is -14.6. The second kappa shape index (κ2) is 12.2. The summed E-state index contributed by atoms with van der Waals surface area (Å²) in [6.07, 6.45) is 2.98. The Kier molecular flexibility index (Phi) is 8.16. The zero-order chi connectivity index (χ0) is 34.6. The first-order valence-corrected chi connectivity index (χ1v) is 14.9. The lowest BCUT2D eigenvalue weighted by atomic mass is 10.0. The Morgan fingerprint density at radius 2 is 1.06 bits per heavy atom. The molecular weight excluding hydrogens is 681 g/mol. The van der Waals surface area contributed by atoms with Crippen LogP contribution in [-0.2, 0) is 0 Å². The number of fused-ring (bicyclic) bond motifs is 3. The Balaban J connectivity index is 1.41. The van der Waals surface area contributed by atoms with E-state index < -0.39 is 79.9 Å². The number of thiophene rings is 2. The van der Waals surface area contributed by atoms with Crippen molar-refractivity contribution in [1.29, 1.82) is 21.3 Å². The molecule has 6 aromatic rings. The van der Waals surface area contributed by atoms with Gasteiger partial charge in [-0.25, -0.2) is 35.1 Å². The minimum atomic E-state index is -1.91. The lowest BCUT2D eigenvalue weighted by Gasteiger charge is -2.10. The van der Waals surface area contributed by atoms with Crippen LogP contribution in [0.25, 0.3) is 54.2 Å². The van der Waals surface area contributed by atoms with Crippen molar-refractivity contribution in [2.24, 2.45) is 0 Å². The molecule has 0 spiro atoms. The third-order valence-electron chi connectivity index (χ3n) is 7.38. The highest BCUT2D eigenvalue weighted by molar-refractivity contribution is 7.20. The first-order chi connectivity index (χ1) is 22.9. The van der Waals surface area contributed by atoms with Crippen LogP contribution in [-0.4, -0.2) is 12.4 Å². The summed E-state index contributed by atoms with van der Waals surface area (Å²) in [7, 11) is 0. The molecule has 6 rings (SSSR count). The number of nitrogens with one attached hydrogen (secondary N) is 2. The lowest BCUT2D eigenvalue weighted by Crippen LogP contribution is -2.08. The summed E-state index contributed by atoms with van der Waals surface area (Å²) in [6.45, 7) is 0. The number of rotatable bonds is 6. The van der Waals surface area contributed by atoms with E-state index in [2.05, 4.69) is 0 Å². The van der Waals surface area contributed by atoms with Gasteiger partial charge >= 0.3 is 0 Å². The van der Waals surface area contributed by atoms with Crippen LogP contribution < -0.4 is 0 Å². The van der Waals surface area contributed by atoms with Crippen LogP contribution >= 0.6 is 22.7 Å². The Hall–Kier alpha value is -5.70. The molecule has 0 aliphatic carbocycles. The van der Waals surface area contributed by atoms with E-state index in [4.69, 9.17) is 16.1 Å². The molecule has 0 fully saturated rings. The third-order valence-corrected chi connectivity index (χ3v) is 9.47. The van der Waals surface area contributed by atoms with Gasteiger partial charge in [0.1, 0.15) is 17.7 Å². The molecule has 4 aromatic carbocycles. The van der Waals surface area contributed by atoms with E-state index >= 15 is 0 Å². The van der Waals surface area contributed by atoms with Gasteiger partial charge < -0.3 is 10.8 Å². The fourth-order valence-electron chi connectivity index (χ4n) is 5.14. The largest absolute Gasteiger partial charge is 0.308 e. The Labute approximate surface area is 272 Å². The van der Waals surface area contributed by atoms with E-state index in [0.717, 1.165) is 45.6 Å². The van der Waals surface area contributed by atoms with Crippen molar-refractivity contribution < 1.29 is 35.1 Å². The second-order valence-corrected chi connectivity index (χ2v) is 12.4. The van der Waals surface area contributed by atoms with E-state index in [1.165, 1.54) is 6.08 Å². The summed E-state index contributed by atoms with van der Waals surface area (Å²) in [6, 6.07) is 13.0. The lowest BCUT2D eigenvalue weighted by molar-refractivity contribution is 0.447. The van der Waals surface area contributed by atoms with Gasteiger partial charge in [0.15, 0.2) is 46.5 Å². The van der Waals surface area contributed by atoms with E-state index in [1.54, 1.807) is 42.5 Å². The van der Waals surface area contributed by atoms with Crippen LogP contribution in [0.1, 0.15) is 32.0 Å². The van der Waals surface area contributed by atoms with Gasteiger partial charge in [-0.2, -0.15) is 10.5 Å².